The summed E-state index contributed by atoms with van der Waals surface area (Å²) in [5.74, 6) is 0. The molecule has 2 saturated heterocycles. The lowest BCUT2D eigenvalue weighted by Crippen LogP contribution is -2.41. The van der Waals surface area contributed by atoms with Crippen LogP contribution in [-0.4, -0.2) is 38.9 Å². The normalized spacial score (nSPS) is 33.6. The largest absolute Gasteiger partial charge is 0.364 e. The second-order valence-corrected chi connectivity index (χ2v) is 5.30. The Morgan fingerprint density at radius 2 is 2.35 bits per heavy atom. The number of hydroxylamine groups is 2. The minimum atomic E-state index is -0.299. The maximum atomic E-state index is 12.0. The molecule has 3 heterocycles. The minimum absolute atomic E-state index is 0.0295. The summed E-state index contributed by atoms with van der Waals surface area (Å²) in [6.07, 6.45) is 4.58. The minimum Gasteiger partial charge on any atom is -0.364 e. The molecule has 1 N–H and O–H groups in total. The molecule has 2 amide bonds. The Labute approximate surface area is 97.7 Å². The Balaban J connectivity index is 1.76. The molecule has 1 aromatic rings. The molecule has 3 aliphatic rings. The lowest BCUT2D eigenvalue weighted by Gasteiger charge is -2.35. The van der Waals surface area contributed by atoms with E-state index in [0.29, 0.717) is 6.54 Å². The van der Waals surface area contributed by atoms with Gasteiger partial charge in [-0.1, -0.05) is 5.16 Å². The first-order valence-electron chi connectivity index (χ1n) is 5.90. The van der Waals surface area contributed by atoms with E-state index < -0.39 is 0 Å². The van der Waals surface area contributed by atoms with Crippen LogP contribution in [0.25, 0.3) is 0 Å². The zero-order chi connectivity index (χ0) is 11.6. The highest BCUT2D eigenvalue weighted by atomic mass is 16.5. The maximum absolute atomic E-state index is 12.0. The van der Waals surface area contributed by atoms with Gasteiger partial charge >= 0.3 is 6.03 Å². The van der Waals surface area contributed by atoms with Crippen molar-refractivity contribution in [2.45, 2.75) is 31.3 Å². The smallest absolute Gasteiger partial charge is 0.344 e. The number of hydrogen-bond acceptors (Lipinski definition) is 4. The first-order chi connectivity index (χ1) is 8.21. The summed E-state index contributed by atoms with van der Waals surface area (Å²) in [6.45, 7) is 0.604. The number of aromatic nitrogens is 1. The van der Waals surface area contributed by atoms with E-state index in [1.54, 1.807) is 11.0 Å². The molecule has 2 aliphatic heterocycles. The number of amides is 2. The second-order valence-electron chi connectivity index (χ2n) is 5.30. The van der Waals surface area contributed by atoms with Crippen LogP contribution in [0, 0.1) is 5.41 Å². The number of urea groups is 1. The first-order valence-corrected chi connectivity index (χ1v) is 5.90. The highest BCUT2D eigenvalue weighted by Gasteiger charge is 2.63. The summed E-state index contributed by atoms with van der Waals surface area (Å²) in [6, 6.07) is 1.43. The molecule has 90 valence electrons. The monoisotopic (exact) mass is 235 g/mol. The number of fused-ring (bicyclic) bond motifs is 3. The number of carbonyl (C=O) groups excluding carboxylic acids is 1. The van der Waals surface area contributed by atoms with Crippen LogP contribution in [0.5, 0.6) is 0 Å². The van der Waals surface area contributed by atoms with Crippen molar-refractivity contribution in [3.63, 3.8) is 0 Å². The fraction of sp³-hybridized carbons (Fsp3) is 0.636. The molecular formula is C11H13N3O3. The van der Waals surface area contributed by atoms with Crippen molar-refractivity contribution in [2.75, 3.05) is 6.54 Å². The zero-order valence-corrected chi connectivity index (χ0v) is 9.24. The van der Waals surface area contributed by atoms with Crippen molar-refractivity contribution in [3.05, 3.63) is 18.0 Å². The van der Waals surface area contributed by atoms with E-state index >= 15 is 0 Å². The van der Waals surface area contributed by atoms with Gasteiger partial charge in [-0.3, -0.25) is 5.21 Å². The number of piperidine rings is 1. The Kier molecular flexibility index (Phi) is 1.57. The molecule has 2 atom stereocenters. The fourth-order valence-corrected chi connectivity index (χ4v) is 3.31. The fourth-order valence-electron chi connectivity index (χ4n) is 3.31. The highest BCUT2D eigenvalue weighted by Crippen LogP contribution is 2.61. The van der Waals surface area contributed by atoms with Gasteiger partial charge < -0.3 is 9.42 Å². The summed E-state index contributed by atoms with van der Waals surface area (Å²) < 4.78 is 4.86. The van der Waals surface area contributed by atoms with Crippen molar-refractivity contribution in [1.29, 1.82) is 0 Å². The summed E-state index contributed by atoms with van der Waals surface area (Å²) in [7, 11) is 0. The standard InChI is InChI=1S/C11H13N3O3/c15-10-13-6-9(14(10)16)11(2-3-11)5-8(13)7-1-4-17-12-7/h1,4,8-9,16H,2-3,5-6H2. The lowest BCUT2D eigenvalue weighted by atomic mass is 9.84. The van der Waals surface area contributed by atoms with Gasteiger partial charge in [0, 0.05) is 12.6 Å². The average Bonchev–Trinajstić information content (AvgIpc) is 2.81. The van der Waals surface area contributed by atoms with Crippen LogP contribution in [-0.2, 0) is 0 Å². The molecule has 1 spiro atoms. The molecule has 0 radical (unpaired) electrons. The van der Waals surface area contributed by atoms with E-state index in [0.717, 1.165) is 30.0 Å². The van der Waals surface area contributed by atoms with Crippen LogP contribution in [0.15, 0.2) is 16.9 Å². The van der Waals surface area contributed by atoms with Gasteiger partial charge in [0.15, 0.2) is 0 Å². The Hall–Kier alpha value is -1.56. The molecule has 3 fully saturated rings. The van der Waals surface area contributed by atoms with Crippen LogP contribution >= 0.6 is 0 Å². The number of rotatable bonds is 1. The molecule has 17 heavy (non-hydrogen) atoms. The Bertz CT molecular complexity index is 468. The summed E-state index contributed by atoms with van der Waals surface area (Å²) in [5, 5.41) is 14.7. The molecule has 2 unspecified atom stereocenters. The third-order valence-electron chi connectivity index (χ3n) is 4.48. The third kappa shape index (κ3) is 1.08. The van der Waals surface area contributed by atoms with Crippen LogP contribution < -0.4 is 0 Å². The van der Waals surface area contributed by atoms with Crippen LogP contribution in [0.4, 0.5) is 4.79 Å². The van der Waals surface area contributed by atoms with Crippen LogP contribution in [0.2, 0.25) is 0 Å². The first kappa shape index (κ1) is 9.47. The van der Waals surface area contributed by atoms with E-state index in [1.165, 1.54) is 6.26 Å². The SMILES string of the molecule is O=C1N(O)C2CN1C(c1ccon1)CC21CC1. The van der Waals surface area contributed by atoms with Gasteiger partial charge in [-0.15, -0.1) is 0 Å². The van der Waals surface area contributed by atoms with Gasteiger partial charge in [-0.2, -0.15) is 0 Å². The average molecular weight is 235 g/mol. The van der Waals surface area contributed by atoms with E-state index in [-0.39, 0.29) is 23.5 Å². The molecule has 4 rings (SSSR count). The van der Waals surface area contributed by atoms with Crippen LogP contribution in [0.3, 0.4) is 0 Å². The molecule has 1 saturated carbocycles. The second kappa shape index (κ2) is 2.81. The summed E-state index contributed by atoms with van der Waals surface area (Å²) in [5.41, 5.74) is 0.902. The maximum Gasteiger partial charge on any atom is 0.344 e. The predicted molar refractivity (Wildman–Crippen MR) is 55.0 cm³/mol. The number of carbonyl (C=O) groups is 1. The van der Waals surface area contributed by atoms with Gasteiger partial charge in [0.25, 0.3) is 0 Å². The predicted octanol–water partition coefficient (Wildman–Crippen LogP) is 1.40. The molecule has 6 nitrogen and oxygen atoms in total. The van der Waals surface area contributed by atoms with Crippen molar-refractivity contribution in [1.82, 2.24) is 15.1 Å². The van der Waals surface area contributed by atoms with E-state index in [2.05, 4.69) is 5.16 Å². The Morgan fingerprint density at radius 1 is 1.53 bits per heavy atom. The van der Waals surface area contributed by atoms with Crippen molar-refractivity contribution >= 4 is 6.03 Å². The Morgan fingerprint density at radius 3 is 3.00 bits per heavy atom. The van der Waals surface area contributed by atoms with Gasteiger partial charge in [-0.05, 0) is 24.7 Å². The van der Waals surface area contributed by atoms with Crippen molar-refractivity contribution in [3.8, 4) is 0 Å². The molecule has 6 heteroatoms. The van der Waals surface area contributed by atoms with Gasteiger partial charge in [0.05, 0.1) is 12.1 Å². The van der Waals surface area contributed by atoms with E-state index in [1.807, 2.05) is 0 Å². The summed E-state index contributed by atoms with van der Waals surface area (Å²) in [4.78, 5) is 13.7. The summed E-state index contributed by atoms with van der Waals surface area (Å²) >= 11 is 0. The molecule has 1 aliphatic carbocycles. The topological polar surface area (TPSA) is 69.8 Å². The number of hydrogen-bond donors (Lipinski definition) is 1. The van der Waals surface area contributed by atoms with E-state index in [9.17, 15) is 10.0 Å². The van der Waals surface area contributed by atoms with Crippen LogP contribution in [0.1, 0.15) is 31.0 Å². The van der Waals surface area contributed by atoms with Crippen molar-refractivity contribution < 1.29 is 14.5 Å². The molecule has 2 bridgehead atoms. The highest BCUT2D eigenvalue weighted by molar-refractivity contribution is 5.77. The lowest BCUT2D eigenvalue weighted by molar-refractivity contribution is -0.0782. The quantitative estimate of drug-likeness (QED) is 0.747. The number of nitrogens with zero attached hydrogens (tertiary/aromatic N) is 3. The van der Waals surface area contributed by atoms with Crippen molar-refractivity contribution in [2.24, 2.45) is 5.41 Å². The van der Waals surface area contributed by atoms with Gasteiger partial charge in [0.2, 0.25) is 0 Å². The zero-order valence-electron chi connectivity index (χ0n) is 9.24. The molecule has 0 aromatic carbocycles. The van der Waals surface area contributed by atoms with Gasteiger partial charge in [0.1, 0.15) is 12.0 Å². The van der Waals surface area contributed by atoms with E-state index in [4.69, 9.17) is 4.52 Å². The molecular weight excluding hydrogens is 222 g/mol. The van der Waals surface area contributed by atoms with Gasteiger partial charge in [-0.25, -0.2) is 9.86 Å². The third-order valence-corrected chi connectivity index (χ3v) is 4.48. The molecule has 1 aromatic heterocycles.